The topological polar surface area (TPSA) is 70.6 Å². The van der Waals surface area contributed by atoms with E-state index in [1.807, 2.05) is 0 Å². The fraction of sp³-hybridized carbons (Fsp3) is 0.594. The number of hydrogen-bond acceptors (Lipinski definition) is 4. The van der Waals surface area contributed by atoms with Gasteiger partial charge in [-0.2, -0.15) is 0 Å². The highest BCUT2D eigenvalue weighted by Gasteiger charge is 2.38. The maximum Gasteiger partial charge on any atom is 0.407 e. The van der Waals surface area contributed by atoms with E-state index in [4.69, 9.17) is 4.74 Å². The Bertz CT molecular complexity index is 1100. The standard InChI is InChI=1S/C32H46F2N2O3/c1-21-10-9-13-32(19-21,24-12-8-11-23(17-24)30(2,3)4)35-20-28(37)27(36-29(38)39-31(5,6)7)16-22-14-25(33)18-26(34)15-22/h8,11-12,14-15,17-18,21,27-28,35,37H,9-10,13,16,19-20H2,1-7H3,(H,36,38)/t21?,27-,28+,32?/m0/s1. The molecule has 1 fully saturated rings. The van der Waals surface area contributed by atoms with E-state index in [0.29, 0.717) is 11.5 Å². The van der Waals surface area contributed by atoms with Gasteiger partial charge in [0.05, 0.1) is 12.1 Å². The van der Waals surface area contributed by atoms with Crippen molar-refractivity contribution in [2.45, 2.75) is 109 Å². The molecule has 1 aliphatic carbocycles. The van der Waals surface area contributed by atoms with Gasteiger partial charge in [-0.15, -0.1) is 0 Å². The van der Waals surface area contributed by atoms with Gasteiger partial charge in [0.15, 0.2) is 0 Å². The smallest absolute Gasteiger partial charge is 0.407 e. The van der Waals surface area contributed by atoms with Crippen molar-refractivity contribution < 1.29 is 23.4 Å². The number of aliphatic hydroxyl groups excluding tert-OH is 1. The molecule has 0 saturated heterocycles. The molecule has 0 aromatic heterocycles. The van der Waals surface area contributed by atoms with Crippen LogP contribution in [0.15, 0.2) is 42.5 Å². The Morgan fingerprint density at radius 1 is 1.10 bits per heavy atom. The lowest BCUT2D eigenvalue weighted by molar-refractivity contribution is 0.0404. The van der Waals surface area contributed by atoms with Crippen molar-refractivity contribution in [1.29, 1.82) is 0 Å². The summed E-state index contributed by atoms with van der Waals surface area (Å²) in [5.41, 5.74) is 1.71. The SMILES string of the molecule is CC1CCCC(NC[C@@H](O)[C@H](Cc2cc(F)cc(F)c2)NC(=O)OC(C)(C)C)(c2cccc(C(C)(C)C)c2)C1. The van der Waals surface area contributed by atoms with E-state index in [9.17, 15) is 18.7 Å². The van der Waals surface area contributed by atoms with Crippen LogP contribution < -0.4 is 10.6 Å². The maximum atomic E-state index is 13.9. The molecular formula is C32H46F2N2O3. The minimum atomic E-state index is -1.04. The summed E-state index contributed by atoms with van der Waals surface area (Å²) in [7, 11) is 0. The number of carbonyl (C=O) groups is 1. The molecule has 3 rings (SSSR count). The van der Waals surface area contributed by atoms with Gasteiger partial charge < -0.3 is 20.5 Å². The van der Waals surface area contributed by atoms with Crippen molar-refractivity contribution in [2.24, 2.45) is 5.92 Å². The van der Waals surface area contributed by atoms with Crippen LogP contribution in [0.3, 0.4) is 0 Å². The van der Waals surface area contributed by atoms with Crippen molar-refractivity contribution >= 4 is 6.09 Å². The molecule has 0 radical (unpaired) electrons. The minimum Gasteiger partial charge on any atom is -0.444 e. The lowest BCUT2D eigenvalue weighted by Crippen LogP contribution is -2.54. The molecule has 4 atom stereocenters. The van der Waals surface area contributed by atoms with Crippen LogP contribution in [0.25, 0.3) is 0 Å². The first-order valence-electron chi connectivity index (χ1n) is 14.0. The number of halogens is 2. The summed E-state index contributed by atoms with van der Waals surface area (Å²) in [5.74, 6) is -0.905. The van der Waals surface area contributed by atoms with Crippen LogP contribution in [-0.4, -0.2) is 35.5 Å². The van der Waals surface area contributed by atoms with Gasteiger partial charge in [0.25, 0.3) is 0 Å². The fourth-order valence-electron chi connectivity index (χ4n) is 5.53. The first-order valence-corrected chi connectivity index (χ1v) is 14.0. The van der Waals surface area contributed by atoms with Crippen LogP contribution in [0, 0.1) is 17.6 Å². The number of rotatable bonds is 8. The van der Waals surface area contributed by atoms with Crippen LogP contribution >= 0.6 is 0 Å². The largest absolute Gasteiger partial charge is 0.444 e. The van der Waals surface area contributed by atoms with E-state index in [-0.39, 0.29) is 23.9 Å². The lowest BCUT2D eigenvalue weighted by atomic mass is 9.71. The normalized spacial score (nSPS) is 21.7. The predicted octanol–water partition coefficient (Wildman–Crippen LogP) is 6.75. The third-order valence-corrected chi connectivity index (χ3v) is 7.47. The second-order valence-corrected chi connectivity index (χ2v) is 13.3. The molecule has 0 spiro atoms. The Kier molecular flexibility index (Phi) is 9.82. The zero-order valence-corrected chi connectivity index (χ0v) is 24.5. The van der Waals surface area contributed by atoms with Crippen molar-refractivity contribution in [3.63, 3.8) is 0 Å². The van der Waals surface area contributed by atoms with Gasteiger partial charge in [0.1, 0.15) is 17.2 Å². The Labute approximate surface area is 232 Å². The molecule has 1 saturated carbocycles. The van der Waals surface area contributed by atoms with Gasteiger partial charge in [0, 0.05) is 18.2 Å². The van der Waals surface area contributed by atoms with Gasteiger partial charge in [-0.1, -0.05) is 64.8 Å². The summed E-state index contributed by atoms with van der Waals surface area (Å²) in [6.45, 7) is 14.3. The van der Waals surface area contributed by atoms with Crippen LogP contribution in [0.4, 0.5) is 13.6 Å². The zero-order chi connectivity index (χ0) is 29.0. The lowest BCUT2D eigenvalue weighted by Gasteiger charge is -2.43. The van der Waals surface area contributed by atoms with Crippen molar-refractivity contribution in [2.75, 3.05) is 6.54 Å². The van der Waals surface area contributed by atoms with E-state index < -0.39 is 35.5 Å². The van der Waals surface area contributed by atoms with Gasteiger partial charge in [-0.05, 0) is 80.2 Å². The van der Waals surface area contributed by atoms with Crippen molar-refractivity contribution in [1.82, 2.24) is 10.6 Å². The number of aliphatic hydroxyl groups is 1. The predicted molar refractivity (Wildman–Crippen MR) is 152 cm³/mol. The van der Waals surface area contributed by atoms with Crippen molar-refractivity contribution in [3.05, 3.63) is 70.8 Å². The molecule has 2 aromatic rings. The van der Waals surface area contributed by atoms with Crippen LogP contribution in [0.5, 0.6) is 0 Å². The number of ether oxygens (including phenoxy) is 1. The van der Waals surface area contributed by atoms with E-state index in [0.717, 1.165) is 31.7 Å². The molecule has 1 aliphatic rings. The first kappa shape index (κ1) is 31.0. The summed E-state index contributed by atoms with van der Waals surface area (Å²) in [6.07, 6.45) is 2.37. The number of alkyl carbamates (subject to hydrolysis) is 1. The monoisotopic (exact) mass is 544 g/mol. The van der Waals surface area contributed by atoms with E-state index in [1.165, 1.54) is 23.3 Å². The van der Waals surface area contributed by atoms with Gasteiger partial charge in [-0.3, -0.25) is 0 Å². The molecular weight excluding hydrogens is 498 g/mol. The Hall–Kier alpha value is -2.51. The molecule has 2 unspecified atom stereocenters. The number of carbonyl (C=O) groups excluding carboxylic acids is 1. The molecule has 7 heteroatoms. The van der Waals surface area contributed by atoms with Crippen molar-refractivity contribution in [3.8, 4) is 0 Å². The number of benzene rings is 2. The van der Waals surface area contributed by atoms with Crippen LogP contribution in [-0.2, 0) is 22.1 Å². The first-order chi connectivity index (χ1) is 18.1. The third-order valence-electron chi connectivity index (χ3n) is 7.47. The second-order valence-electron chi connectivity index (χ2n) is 13.3. The Morgan fingerprint density at radius 3 is 2.36 bits per heavy atom. The Balaban J connectivity index is 1.86. The molecule has 0 aliphatic heterocycles. The summed E-state index contributed by atoms with van der Waals surface area (Å²) in [4.78, 5) is 12.6. The molecule has 39 heavy (non-hydrogen) atoms. The highest BCUT2D eigenvalue weighted by Crippen LogP contribution is 2.41. The molecule has 3 N–H and O–H groups in total. The number of nitrogens with one attached hydrogen (secondary N) is 2. The minimum absolute atomic E-state index is 0.000338. The van der Waals surface area contributed by atoms with Crippen LogP contribution in [0.1, 0.15) is 90.8 Å². The molecule has 5 nitrogen and oxygen atoms in total. The second kappa shape index (κ2) is 12.3. The quantitative estimate of drug-likeness (QED) is 0.344. The molecule has 0 heterocycles. The number of amides is 1. The zero-order valence-electron chi connectivity index (χ0n) is 24.5. The summed E-state index contributed by atoms with van der Waals surface area (Å²) >= 11 is 0. The Morgan fingerprint density at radius 2 is 1.77 bits per heavy atom. The third kappa shape index (κ3) is 9.00. The maximum absolute atomic E-state index is 13.9. The van der Waals surface area contributed by atoms with E-state index in [2.05, 4.69) is 62.6 Å². The van der Waals surface area contributed by atoms with Gasteiger partial charge in [0.2, 0.25) is 0 Å². The average Bonchev–Trinajstić information content (AvgIpc) is 2.80. The van der Waals surface area contributed by atoms with E-state index in [1.54, 1.807) is 20.8 Å². The average molecular weight is 545 g/mol. The summed E-state index contributed by atoms with van der Waals surface area (Å²) < 4.78 is 33.3. The highest BCUT2D eigenvalue weighted by atomic mass is 19.1. The summed E-state index contributed by atoms with van der Waals surface area (Å²) in [5, 5.41) is 17.8. The summed E-state index contributed by atoms with van der Waals surface area (Å²) in [6, 6.07) is 11.1. The fourth-order valence-corrected chi connectivity index (χ4v) is 5.53. The molecule has 216 valence electrons. The van der Waals surface area contributed by atoms with Gasteiger partial charge >= 0.3 is 6.09 Å². The van der Waals surface area contributed by atoms with E-state index >= 15 is 0 Å². The molecule has 0 bridgehead atoms. The molecule has 2 aromatic carbocycles. The van der Waals surface area contributed by atoms with Gasteiger partial charge in [-0.25, -0.2) is 13.6 Å². The number of hydrogen-bond donors (Lipinski definition) is 3. The highest BCUT2D eigenvalue weighted by molar-refractivity contribution is 5.68. The molecule has 1 amide bonds. The van der Waals surface area contributed by atoms with Crippen LogP contribution in [0.2, 0.25) is 0 Å².